The van der Waals surface area contributed by atoms with E-state index in [1.807, 2.05) is 0 Å². The highest BCUT2D eigenvalue weighted by Crippen LogP contribution is 2.19. The van der Waals surface area contributed by atoms with Crippen LogP contribution in [0.4, 0.5) is 0 Å². The lowest BCUT2D eigenvalue weighted by Gasteiger charge is -2.08. The molecular formula is C13H17Br. The van der Waals surface area contributed by atoms with E-state index < -0.39 is 0 Å². The van der Waals surface area contributed by atoms with Gasteiger partial charge in [-0.2, -0.15) is 0 Å². The summed E-state index contributed by atoms with van der Waals surface area (Å²) in [6, 6.07) is 4.47. The molecule has 76 valence electrons. The van der Waals surface area contributed by atoms with E-state index in [-0.39, 0.29) is 0 Å². The van der Waals surface area contributed by atoms with Crippen molar-refractivity contribution < 1.29 is 0 Å². The Bertz CT molecular complexity index is 338. The van der Waals surface area contributed by atoms with Crippen molar-refractivity contribution in [3.63, 3.8) is 0 Å². The molecule has 0 heterocycles. The molecule has 0 atom stereocenters. The first-order valence-corrected chi connectivity index (χ1v) is 5.97. The normalized spacial score (nSPS) is 11.9. The third kappa shape index (κ3) is 2.71. The Morgan fingerprint density at radius 2 is 1.71 bits per heavy atom. The Labute approximate surface area is 95.2 Å². The number of halogens is 1. The van der Waals surface area contributed by atoms with Crippen LogP contribution in [-0.4, -0.2) is 5.33 Å². The predicted molar refractivity (Wildman–Crippen MR) is 68.1 cm³/mol. The van der Waals surface area contributed by atoms with Gasteiger partial charge in [0.15, 0.2) is 0 Å². The van der Waals surface area contributed by atoms with E-state index in [0.29, 0.717) is 0 Å². The standard InChI is InChI=1S/C13H17Br/c1-9-5-11(3)13(12(4)6-9)7-10(2)8-14/h5-7H,8H2,1-4H3. The third-order valence-electron chi connectivity index (χ3n) is 2.34. The number of alkyl halides is 1. The number of rotatable bonds is 2. The molecule has 0 fully saturated rings. The Morgan fingerprint density at radius 3 is 2.14 bits per heavy atom. The summed E-state index contributed by atoms with van der Waals surface area (Å²) in [5.74, 6) is 0. The van der Waals surface area contributed by atoms with Crippen LogP contribution in [0.25, 0.3) is 6.08 Å². The fraction of sp³-hybridized carbons (Fsp3) is 0.385. The van der Waals surface area contributed by atoms with Gasteiger partial charge in [-0.05, 0) is 44.4 Å². The molecule has 1 heteroatoms. The fourth-order valence-electron chi connectivity index (χ4n) is 1.70. The number of aryl methyl sites for hydroxylation is 3. The largest absolute Gasteiger partial charge is 0.0880 e. The molecule has 0 spiro atoms. The number of allylic oxidation sites excluding steroid dienone is 1. The van der Waals surface area contributed by atoms with Gasteiger partial charge < -0.3 is 0 Å². The Hall–Kier alpha value is -0.560. The van der Waals surface area contributed by atoms with Gasteiger partial charge >= 0.3 is 0 Å². The van der Waals surface area contributed by atoms with Crippen molar-refractivity contribution in [2.24, 2.45) is 0 Å². The first-order chi connectivity index (χ1) is 6.54. The van der Waals surface area contributed by atoms with Gasteiger partial charge in [-0.3, -0.25) is 0 Å². The van der Waals surface area contributed by atoms with E-state index in [9.17, 15) is 0 Å². The molecule has 0 aliphatic carbocycles. The van der Waals surface area contributed by atoms with Crippen LogP contribution >= 0.6 is 15.9 Å². The molecule has 0 bridgehead atoms. The quantitative estimate of drug-likeness (QED) is 0.685. The molecular weight excluding hydrogens is 236 g/mol. The monoisotopic (exact) mass is 252 g/mol. The van der Waals surface area contributed by atoms with Gasteiger partial charge in [-0.1, -0.05) is 45.3 Å². The van der Waals surface area contributed by atoms with Gasteiger partial charge in [0.2, 0.25) is 0 Å². The number of hydrogen-bond acceptors (Lipinski definition) is 0. The highest BCUT2D eigenvalue weighted by Gasteiger charge is 2.00. The summed E-state index contributed by atoms with van der Waals surface area (Å²) < 4.78 is 0. The summed E-state index contributed by atoms with van der Waals surface area (Å²) in [7, 11) is 0. The second-order valence-electron chi connectivity index (χ2n) is 3.94. The lowest BCUT2D eigenvalue weighted by Crippen LogP contribution is -1.90. The van der Waals surface area contributed by atoms with E-state index in [4.69, 9.17) is 0 Å². The van der Waals surface area contributed by atoms with Crippen molar-refractivity contribution >= 4 is 22.0 Å². The van der Waals surface area contributed by atoms with Crippen LogP contribution in [0.5, 0.6) is 0 Å². The molecule has 1 rings (SSSR count). The molecule has 1 aromatic carbocycles. The van der Waals surface area contributed by atoms with Crippen molar-refractivity contribution in [2.45, 2.75) is 27.7 Å². The van der Waals surface area contributed by atoms with Gasteiger partial charge in [0, 0.05) is 5.33 Å². The van der Waals surface area contributed by atoms with E-state index >= 15 is 0 Å². The lowest BCUT2D eigenvalue weighted by molar-refractivity contribution is 1.29. The average molecular weight is 253 g/mol. The van der Waals surface area contributed by atoms with E-state index in [0.717, 1.165) is 5.33 Å². The first kappa shape index (κ1) is 11.5. The maximum atomic E-state index is 3.47. The summed E-state index contributed by atoms with van der Waals surface area (Å²) in [5.41, 5.74) is 6.80. The summed E-state index contributed by atoms with van der Waals surface area (Å²) in [5, 5.41) is 0.944. The van der Waals surface area contributed by atoms with Crippen LogP contribution in [0, 0.1) is 20.8 Å². The predicted octanol–water partition coefficient (Wildman–Crippen LogP) is 4.41. The van der Waals surface area contributed by atoms with Crippen molar-refractivity contribution in [2.75, 3.05) is 5.33 Å². The Kier molecular flexibility index (Phi) is 3.94. The zero-order valence-corrected chi connectivity index (χ0v) is 10.9. The molecule has 0 saturated carbocycles. The molecule has 0 saturated heterocycles. The highest BCUT2D eigenvalue weighted by molar-refractivity contribution is 9.09. The average Bonchev–Trinajstić information content (AvgIpc) is 2.10. The van der Waals surface area contributed by atoms with E-state index in [1.165, 1.54) is 27.8 Å². The van der Waals surface area contributed by atoms with Crippen molar-refractivity contribution in [3.05, 3.63) is 40.0 Å². The maximum Gasteiger partial charge on any atom is 0.0242 e. The fourth-order valence-corrected chi connectivity index (χ4v) is 1.87. The van der Waals surface area contributed by atoms with Crippen molar-refractivity contribution in [3.8, 4) is 0 Å². The van der Waals surface area contributed by atoms with Gasteiger partial charge in [0.1, 0.15) is 0 Å². The van der Waals surface area contributed by atoms with Gasteiger partial charge in [-0.25, -0.2) is 0 Å². The number of hydrogen-bond donors (Lipinski definition) is 0. The van der Waals surface area contributed by atoms with Gasteiger partial charge in [0.05, 0.1) is 0 Å². The van der Waals surface area contributed by atoms with Crippen LogP contribution in [0.15, 0.2) is 17.7 Å². The minimum atomic E-state index is 0.944. The molecule has 14 heavy (non-hydrogen) atoms. The SMILES string of the molecule is CC(=Cc1c(C)cc(C)cc1C)CBr. The minimum absolute atomic E-state index is 0.944. The molecule has 0 unspecified atom stereocenters. The smallest absolute Gasteiger partial charge is 0.0242 e. The summed E-state index contributed by atoms with van der Waals surface area (Å²) >= 11 is 3.47. The molecule has 0 aliphatic heterocycles. The second kappa shape index (κ2) is 4.79. The zero-order chi connectivity index (χ0) is 10.7. The summed E-state index contributed by atoms with van der Waals surface area (Å²) in [6.45, 7) is 8.64. The van der Waals surface area contributed by atoms with E-state index in [2.05, 4.69) is 61.8 Å². The lowest BCUT2D eigenvalue weighted by atomic mass is 9.98. The van der Waals surface area contributed by atoms with Gasteiger partial charge in [-0.15, -0.1) is 0 Å². The van der Waals surface area contributed by atoms with Crippen molar-refractivity contribution in [1.82, 2.24) is 0 Å². The van der Waals surface area contributed by atoms with E-state index in [1.54, 1.807) is 0 Å². The van der Waals surface area contributed by atoms with Gasteiger partial charge in [0.25, 0.3) is 0 Å². The molecule has 0 amide bonds. The minimum Gasteiger partial charge on any atom is -0.0880 e. The van der Waals surface area contributed by atoms with Crippen LogP contribution < -0.4 is 0 Å². The van der Waals surface area contributed by atoms with Crippen LogP contribution in [0.2, 0.25) is 0 Å². The Morgan fingerprint density at radius 1 is 1.21 bits per heavy atom. The number of benzene rings is 1. The van der Waals surface area contributed by atoms with Crippen LogP contribution in [0.1, 0.15) is 29.2 Å². The molecule has 0 aromatic heterocycles. The zero-order valence-electron chi connectivity index (χ0n) is 9.32. The summed E-state index contributed by atoms with van der Waals surface area (Å²) in [4.78, 5) is 0. The maximum absolute atomic E-state index is 3.47. The summed E-state index contributed by atoms with van der Waals surface area (Å²) in [6.07, 6.45) is 2.26. The Balaban J connectivity index is 3.21. The van der Waals surface area contributed by atoms with Crippen LogP contribution in [-0.2, 0) is 0 Å². The molecule has 0 nitrogen and oxygen atoms in total. The molecule has 0 N–H and O–H groups in total. The first-order valence-electron chi connectivity index (χ1n) is 4.85. The molecule has 0 aliphatic rings. The van der Waals surface area contributed by atoms with Crippen LogP contribution in [0.3, 0.4) is 0 Å². The highest BCUT2D eigenvalue weighted by atomic mass is 79.9. The second-order valence-corrected chi connectivity index (χ2v) is 4.50. The molecule has 1 aromatic rings. The molecule has 0 radical (unpaired) electrons. The topological polar surface area (TPSA) is 0 Å². The third-order valence-corrected chi connectivity index (χ3v) is 3.22. The van der Waals surface area contributed by atoms with Crippen molar-refractivity contribution in [1.29, 1.82) is 0 Å².